The molecular weight excluding hydrogens is 344 g/mol. The molecule has 2 nitrogen and oxygen atoms in total. The van der Waals surface area contributed by atoms with Crippen LogP contribution in [0.3, 0.4) is 0 Å². The van der Waals surface area contributed by atoms with Gasteiger partial charge in [-0.25, -0.2) is 22.5 Å². The number of alkyl halides is 4. The Bertz CT molecular complexity index is 717. The molecule has 0 saturated carbocycles. The first-order chi connectivity index (χ1) is 12.3. The number of aryl methyl sites for hydroxylation is 1. The van der Waals surface area contributed by atoms with E-state index in [4.69, 9.17) is 0 Å². The Hall–Kier alpha value is -1.98. The molecule has 0 unspecified atom stereocenters. The van der Waals surface area contributed by atoms with Crippen LogP contribution in [0.2, 0.25) is 0 Å². The minimum absolute atomic E-state index is 0.253. The number of nitrogens with zero attached hydrogens (tertiary/aromatic N) is 2. The predicted molar refractivity (Wildman–Crippen MR) is 94.3 cm³/mol. The van der Waals surface area contributed by atoms with Crippen LogP contribution in [0.4, 0.5) is 17.6 Å². The Morgan fingerprint density at radius 2 is 1.69 bits per heavy atom. The lowest BCUT2D eigenvalue weighted by Gasteiger charge is -2.15. The third-order valence-corrected chi connectivity index (χ3v) is 4.30. The molecule has 2 heterocycles. The lowest BCUT2D eigenvalue weighted by molar-refractivity contribution is 0.144. The van der Waals surface area contributed by atoms with Gasteiger partial charge in [-0.05, 0) is 54.9 Å². The molecule has 0 fully saturated rings. The highest BCUT2D eigenvalue weighted by Crippen LogP contribution is 2.29. The van der Waals surface area contributed by atoms with Crippen molar-refractivity contribution in [1.82, 2.24) is 9.97 Å². The first-order valence-electron chi connectivity index (χ1n) is 8.80. The summed E-state index contributed by atoms with van der Waals surface area (Å²) in [6.07, 6.45) is -1.80. The van der Waals surface area contributed by atoms with E-state index in [0.29, 0.717) is 29.4 Å². The molecular formula is C20H24F4N2. The third-order valence-electron chi connectivity index (χ3n) is 4.30. The zero-order chi connectivity index (χ0) is 19.3. The van der Waals surface area contributed by atoms with Crippen LogP contribution in [-0.4, -0.2) is 9.97 Å². The topological polar surface area (TPSA) is 25.8 Å². The van der Waals surface area contributed by atoms with E-state index in [1.54, 1.807) is 12.1 Å². The highest BCUT2D eigenvalue weighted by atomic mass is 19.3. The zero-order valence-corrected chi connectivity index (χ0v) is 15.2. The van der Waals surface area contributed by atoms with Crippen LogP contribution in [0.5, 0.6) is 0 Å². The first kappa shape index (κ1) is 20.3. The van der Waals surface area contributed by atoms with Crippen LogP contribution in [0, 0.1) is 11.8 Å². The van der Waals surface area contributed by atoms with E-state index in [9.17, 15) is 17.6 Å². The Labute approximate surface area is 151 Å². The molecule has 6 heteroatoms. The van der Waals surface area contributed by atoms with Crippen LogP contribution in [-0.2, 0) is 6.42 Å². The van der Waals surface area contributed by atoms with Crippen LogP contribution < -0.4 is 0 Å². The standard InChI is InChI=1S/C20H24F4N2/c1-12(2)10-13(3)4-5-14-6-7-16(26-18(14)20(23)24)15-8-9-25-17(11-15)19(21)22/h6-9,11-13,19-20H,4-5,10H2,1-3H3/t13-/m0/s1. The number of rotatable bonds is 8. The Balaban J connectivity index is 2.24. The monoisotopic (exact) mass is 368 g/mol. The Morgan fingerprint density at radius 3 is 2.31 bits per heavy atom. The van der Waals surface area contributed by atoms with Gasteiger partial charge >= 0.3 is 0 Å². The van der Waals surface area contributed by atoms with Crippen molar-refractivity contribution in [3.63, 3.8) is 0 Å². The van der Waals surface area contributed by atoms with Crippen LogP contribution in [0.25, 0.3) is 11.3 Å². The summed E-state index contributed by atoms with van der Waals surface area (Å²) in [4.78, 5) is 7.65. The molecule has 2 aromatic rings. The molecule has 0 amide bonds. The van der Waals surface area contributed by atoms with Crippen molar-refractivity contribution in [2.75, 3.05) is 0 Å². The molecule has 0 spiro atoms. The zero-order valence-electron chi connectivity index (χ0n) is 15.2. The quantitative estimate of drug-likeness (QED) is 0.489. The van der Waals surface area contributed by atoms with Gasteiger partial charge in [0.2, 0.25) is 0 Å². The van der Waals surface area contributed by atoms with Crippen molar-refractivity contribution in [2.45, 2.75) is 52.9 Å². The number of halogens is 4. The van der Waals surface area contributed by atoms with Gasteiger partial charge in [0.05, 0.1) is 5.69 Å². The van der Waals surface area contributed by atoms with E-state index in [1.807, 2.05) is 0 Å². The third kappa shape index (κ3) is 5.51. The fourth-order valence-electron chi connectivity index (χ4n) is 3.12. The molecule has 0 aliphatic heterocycles. The second-order valence-corrected chi connectivity index (χ2v) is 7.09. The highest BCUT2D eigenvalue weighted by molar-refractivity contribution is 5.60. The average molecular weight is 368 g/mol. The number of aromatic nitrogens is 2. The lowest BCUT2D eigenvalue weighted by Crippen LogP contribution is -2.05. The van der Waals surface area contributed by atoms with Crippen LogP contribution in [0.1, 0.15) is 63.4 Å². The summed E-state index contributed by atoms with van der Waals surface area (Å²) in [5.41, 5.74) is 0.465. The molecule has 0 bridgehead atoms. The largest absolute Gasteiger partial charge is 0.280 e. The van der Waals surface area contributed by atoms with Gasteiger partial charge in [-0.3, -0.25) is 4.98 Å². The molecule has 1 atom stereocenters. The molecule has 2 rings (SSSR count). The molecule has 0 aliphatic carbocycles. The SMILES string of the molecule is CC(C)C[C@@H](C)CCc1ccc(-c2ccnc(C(F)F)c2)nc1C(F)F. The Morgan fingerprint density at radius 1 is 0.962 bits per heavy atom. The van der Waals surface area contributed by atoms with E-state index in [2.05, 4.69) is 30.7 Å². The van der Waals surface area contributed by atoms with Gasteiger partial charge in [0.1, 0.15) is 11.4 Å². The summed E-state index contributed by atoms with van der Waals surface area (Å²) in [5, 5.41) is 0. The van der Waals surface area contributed by atoms with Crippen molar-refractivity contribution in [3.05, 3.63) is 47.4 Å². The summed E-state index contributed by atoms with van der Waals surface area (Å²) in [7, 11) is 0. The van der Waals surface area contributed by atoms with Gasteiger partial charge in [0.15, 0.2) is 0 Å². The smallest absolute Gasteiger partial charge is 0.255 e. The molecule has 0 N–H and O–H groups in total. The van der Waals surface area contributed by atoms with Gasteiger partial charge in [0.25, 0.3) is 12.9 Å². The van der Waals surface area contributed by atoms with Crippen LogP contribution >= 0.6 is 0 Å². The molecule has 0 aliphatic rings. The van der Waals surface area contributed by atoms with Crippen molar-refractivity contribution in [3.8, 4) is 11.3 Å². The van der Waals surface area contributed by atoms with Crippen molar-refractivity contribution < 1.29 is 17.6 Å². The molecule has 26 heavy (non-hydrogen) atoms. The van der Waals surface area contributed by atoms with E-state index in [0.717, 1.165) is 12.8 Å². The second-order valence-electron chi connectivity index (χ2n) is 7.09. The molecule has 0 aromatic carbocycles. The molecule has 2 aromatic heterocycles. The first-order valence-corrected chi connectivity index (χ1v) is 8.80. The Kier molecular flexibility index (Phi) is 7.12. The number of pyridine rings is 2. The maximum atomic E-state index is 13.5. The van der Waals surface area contributed by atoms with Crippen molar-refractivity contribution in [2.24, 2.45) is 11.8 Å². The highest BCUT2D eigenvalue weighted by Gasteiger charge is 2.18. The summed E-state index contributed by atoms with van der Waals surface area (Å²) >= 11 is 0. The fourth-order valence-corrected chi connectivity index (χ4v) is 3.12. The van der Waals surface area contributed by atoms with Gasteiger partial charge < -0.3 is 0 Å². The van der Waals surface area contributed by atoms with E-state index in [-0.39, 0.29) is 11.4 Å². The van der Waals surface area contributed by atoms with E-state index < -0.39 is 18.5 Å². The minimum atomic E-state index is -2.72. The molecule has 0 radical (unpaired) electrons. The van der Waals surface area contributed by atoms with E-state index in [1.165, 1.54) is 18.3 Å². The van der Waals surface area contributed by atoms with Gasteiger partial charge in [0, 0.05) is 11.8 Å². The lowest BCUT2D eigenvalue weighted by atomic mass is 9.92. The maximum Gasteiger partial charge on any atom is 0.280 e. The fraction of sp³-hybridized carbons (Fsp3) is 0.500. The number of hydrogen-bond donors (Lipinski definition) is 0. The summed E-state index contributed by atoms with van der Waals surface area (Å²) in [6, 6.07) is 5.92. The van der Waals surface area contributed by atoms with Gasteiger partial charge in [-0.2, -0.15) is 0 Å². The molecule has 0 saturated heterocycles. The van der Waals surface area contributed by atoms with Gasteiger partial charge in [-0.15, -0.1) is 0 Å². The average Bonchev–Trinajstić information content (AvgIpc) is 2.59. The summed E-state index contributed by atoms with van der Waals surface area (Å²) in [5.74, 6) is 1.00. The van der Waals surface area contributed by atoms with Crippen molar-refractivity contribution in [1.29, 1.82) is 0 Å². The van der Waals surface area contributed by atoms with E-state index >= 15 is 0 Å². The normalized spacial score (nSPS) is 13.0. The summed E-state index contributed by atoms with van der Waals surface area (Å²) in [6.45, 7) is 6.40. The van der Waals surface area contributed by atoms with Crippen molar-refractivity contribution >= 4 is 0 Å². The van der Waals surface area contributed by atoms with Gasteiger partial charge in [-0.1, -0.05) is 26.8 Å². The van der Waals surface area contributed by atoms with Crippen LogP contribution in [0.15, 0.2) is 30.5 Å². The predicted octanol–water partition coefficient (Wildman–Crippen LogP) is 6.63. The minimum Gasteiger partial charge on any atom is -0.255 e. The summed E-state index contributed by atoms with van der Waals surface area (Å²) < 4.78 is 52.5. The maximum absolute atomic E-state index is 13.5. The second kappa shape index (κ2) is 9.10. The molecule has 142 valence electrons. The number of hydrogen-bond acceptors (Lipinski definition) is 2.